The molecule has 1 aliphatic heterocycles. The summed E-state index contributed by atoms with van der Waals surface area (Å²) in [6.07, 6.45) is -29.6. The molecule has 0 aromatic carbocycles. The second kappa shape index (κ2) is 30.7. The summed E-state index contributed by atoms with van der Waals surface area (Å²) in [4.78, 5) is 0. The summed E-state index contributed by atoms with van der Waals surface area (Å²) in [6, 6.07) is 0. The van der Waals surface area contributed by atoms with Gasteiger partial charge in [0.05, 0.1) is 0 Å². The zero-order valence-electron chi connectivity index (χ0n) is 51.2. The quantitative estimate of drug-likeness (QED) is 0.0345. The minimum Gasteiger partial charge on any atom is -0.297 e. The van der Waals surface area contributed by atoms with E-state index in [2.05, 4.69) is 22.6 Å². The molecule has 1 unspecified atom stereocenters. The molecule has 0 aliphatic carbocycles. The van der Waals surface area contributed by atoms with Crippen LogP contribution in [0.5, 0.6) is 0 Å². The van der Waals surface area contributed by atoms with Gasteiger partial charge in [-0.1, -0.05) is 13.3 Å². The third-order valence-electron chi connectivity index (χ3n) is 13.9. The molecule has 115 heavy (non-hydrogen) atoms. The summed E-state index contributed by atoms with van der Waals surface area (Å²) in [5, 5.41) is 0. The summed E-state index contributed by atoms with van der Waals surface area (Å²) in [5.74, 6) is -264. The van der Waals surface area contributed by atoms with Gasteiger partial charge in [0.2, 0.25) is 0 Å². The Hall–Kier alpha value is -4.12. The van der Waals surface area contributed by atoms with Crippen LogP contribution in [0.2, 0.25) is 0 Å². The first kappa shape index (κ1) is 109. The fourth-order valence-corrected chi connectivity index (χ4v) is 14.6. The molecular weight excluding hydrogens is 1910 g/mol. The van der Waals surface area contributed by atoms with E-state index in [0.29, 0.717) is 6.92 Å². The topological polar surface area (TPSA) is 83.2 Å². The van der Waals surface area contributed by atoms with E-state index in [0.717, 1.165) is 4.52 Å². The molecule has 1 heterocycles. The van der Waals surface area contributed by atoms with Crippen molar-refractivity contribution >= 4 is 23.4 Å². The fraction of sp³-hybridized carbons (Fsp3) is 1.00. The molecule has 0 spiro atoms. The normalized spacial score (nSPS) is 18.3. The highest BCUT2D eigenvalue weighted by atomic mass is 31.3. The molecule has 1 aliphatic rings. The highest BCUT2D eigenvalue weighted by Crippen LogP contribution is 2.78. The Morgan fingerprint density at radius 3 is 0.557 bits per heavy atom. The molecule has 8 nitrogen and oxygen atoms in total. The molecule has 0 fully saturated rings. The van der Waals surface area contributed by atoms with Crippen LogP contribution in [0, 0.1) is 0 Å². The molecule has 0 bridgehead atoms. The standard InChI is InChI=1S/C40H21F64N3O5P3/c1-2-3-4-108-113-105-114(109-5-13(49,50)21(65,66)29(81,82)37(97,98)33(89,90)25(73,74)17(57,58)9(41)42,110-6-14(51,52)22(67,68)30(83,84)38(99,100)34(91,92)26(75,76)18(59,60)10(43)44)107-115(106-113,111-7-15(53,54)23(69,70)31(85,86)39(101,102)35(93,94)27(77,78)19(61,62)11(45)46)112-8-16(55,56)24(71,72)32(87,88)40(103,104)36(95,96)28(79,80)20(63,64)12(47)48/h9-12H,2-8H2,1H3/q+1. The van der Waals surface area contributed by atoms with Crippen molar-refractivity contribution in [1.82, 2.24) is 0 Å². The zero-order chi connectivity index (χ0) is 93.5. The van der Waals surface area contributed by atoms with Crippen LogP contribution in [0.1, 0.15) is 19.8 Å². The van der Waals surface area contributed by atoms with Gasteiger partial charge in [-0.05, 0) is 6.42 Å². The lowest BCUT2D eigenvalue weighted by atomic mass is 9.89. The lowest BCUT2D eigenvalue weighted by molar-refractivity contribution is -0.448. The van der Waals surface area contributed by atoms with Crippen LogP contribution in [0.3, 0.4) is 0 Å². The van der Waals surface area contributed by atoms with Crippen molar-refractivity contribution in [1.29, 1.82) is 0 Å². The smallest absolute Gasteiger partial charge is 0.297 e. The molecule has 0 N–H and O–H groups in total. The molecular formula is C40H21F64N3O5P3+. The van der Waals surface area contributed by atoms with Gasteiger partial charge in [0, 0.05) is 9.03 Å². The summed E-state index contributed by atoms with van der Waals surface area (Å²) >= 11 is 0. The monoisotopic (exact) mass is 1930 g/mol. The third kappa shape index (κ3) is 15.8. The van der Waals surface area contributed by atoms with Gasteiger partial charge < -0.3 is 0 Å². The molecule has 0 radical (unpaired) electrons. The van der Waals surface area contributed by atoms with Crippen molar-refractivity contribution in [2.45, 2.75) is 211 Å². The Morgan fingerprint density at radius 2 is 0.391 bits per heavy atom. The number of hydrogen-bond donors (Lipinski definition) is 0. The van der Waals surface area contributed by atoms with E-state index < -0.39 is 261 Å². The first-order chi connectivity index (χ1) is 49.4. The number of rotatable bonds is 44. The molecule has 0 amide bonds. The highest BCUT2D eigenvalue weighted by Gasteiger charge is 2.99. The van der Waals surface area contributed by atoms with Crippen molar-refractivity contribution < 1.29 is 304 Å². The maximum Gasteiger partial charge on any atom is 0.547 e. The van der Waals surface area contributed by atoms with Gasteiger partial charge in [0.1, 0.15) is 33.0 Å². The molecule has 1 rings (SSSR count). The number of alkyl halides is 64. The summed E-state index contributed by atoms with van der Waals surface area (Å²) < 4.78 is 937. The molecule has 1 atom stereocenters. The van der Waals surface area contributed by atoms with Crippen molar-refractivity contribution in [3.63, 3.8) is 0 Å². The molecule has 688 valence electrons. The molecule has 0 aromatic heterocycles. The van der Waals surface area contributed by atoms with Crippen molar-refractivity contribution in [2.24, 2.45) is 13.5 Å². The fourth-order valence-electron chi connectivity index (χ4n) is 6.71. The summed E-state index contributed by atoms with van der Waals surface area (Å²) in [5.41, 5.74) is 0. The molecule has 0 aromatic rings. The second-order valence-corrected chi connectivity index (χ2v) is 27.7. The van der Waals surface area contributed by atoms with Gasteiger partial charge in [-0.3, -0.25) is 18.1 Å². The van der Waals surface area contributed by atoms with Crippen LogP contribution in [0.25, 0.3) is 0 Å². The number of hydrogen-bond acceptors (Lipinski definition) is 8. The van der Waals surface area contributed by atoms with Gasteiger partial charge in [-0.15, -0.1) is 9.04 Å². The van der Waals surface area contributed by atoms with Crippen LogP contribution >= 0.6 is 23.4 Å². The van der Waals surface area contributed by atoms with Crippen LogP contribution in [-0.2, 0) is 22.6 Å². The van der Waals surface area contributed by atoms with E-state index in [1.165, 1.54) is 0 Å². The summed E-state index contributed by atoms with van der Waals surface area (Å²) in [6.45, 7) is -24.5. The SMILES string of the molecule is CCCCO[P+]1=NP(OCC(F)(F)C(F)(F)C(F)(F)C(F)(F)C(F)(F)C(F)(F)C(F)(F)C(F)F)(OCC(F)(F)C(F)(F)C(F)(F)C(F)(F)C(F)(F)C(F)(F)C(F)(F)C(F)F)=NP(OCC(F)(F)C(F)(F)C(F)(F)C(F)(F)C(F)(F)C(F)(F)C(F)(F)C(F)F)(OCC(F)(F)C(F)(F)C(F)(F)C(F)(F)C(F)(F)C(F)(F)C(F)(F)C(F)F)=N1. The average Bonchev–Trinajstić information content (AvgIpc) is 0.711. The van der Waals surface area contributed by atoms with Crippen molar-refractivity contribution in [3.8, 4) is 0 Å². The van der Waals surface area contributed by atoms with E-state index >= 15 is 70.2 Å². The number of halogens is 64. The van der Waals surface area contributed by atoms with Crippen LogP contribution < -0.4 is 0 Å². The van der Waals surface area contributed by atoms with Crippen LogP contribution in [0.15, 0.2) is 13.5 Å². The van der Waals surface area contributed by atoms with Crippen molar-refractivity contribution in [3.05, 3.63) is 0 Å². The molecule has 75 heteroatoms. The maximum absolute atomic E-state index is 15.6. The van der Waals surface area contributed by atoms with E-state index in [9.17, 15) is 211 Å². The first-order valence-electron chi connectivity index (χ1n) is 26.2. The van der Waals surface area contributed by atoms with E-state index in [1.54, 1.807) is 9.03 Å². The van der Waals surface area contributed by atoms with Gasteiger partial charge in [0.25, 0.3) is 0 Å². The molecule has 0 saturated carbocycles. The van der Waals surface area contributed by atoms with Gasteiger partial charge >= 0.3 is 215 Å². The predicted molar refractivity (Wildman–Crippen MR) is 235 cm³/mol. The number of unbranched alkanes of at least 4 members (excludes halogenated alkanes) is 1. The maximum atomic E-state index is 15.6. The highest BCUT2D eigenvalue weighted by molar-refractivity contribution is 7.74. The minimum absolute atomic E-state index is 0.520. The van der Waals surface area contributed by atoms with Crippen molar-refractivity contribution in [2.75, 3.05) is 33.0 Å². The molecule has 0 saturated heterocycles. The Bertz CT molecular complexity index is 3130. The van der Waals surface area contributed by atoms with E-state index in [4.69, 9.17) is 0 Å². The van der Waals surface area contributed by atoms with Gasteiger partial charge in [0.15, 0.2) is 0 Å². The van der Waals surface area contributed by atoms with E-state index in [1.807, 2.05) is 0 Å². The second-order valence-electron chi connectivity index (χ2n) is 21.8. The largest absolute Gasteiger partial charge is 0.547 e. The lowest BCUT2D eigenvalue weighted by Gasteiger charge is -2.43. The van der Waals surface area contributed by atoms with Crippen LogP contribution in [0.4, 0.5) is 281 Å². The van der Waals surface area contributed by atoms with Gasteiger partial charge in [-0.2, -0.15) is 246 Å². The average molecular weight is 1930 g/mol. The van der Waals surface area contributed by atoms with Crippen LogP contribution in [-0.4, -0.2) is 225 Å². The Kier molecular flexibility index (Phi) is 29.1. The van der Waals surface area contributed by atoms with Gasteiger partial charge in [-0.25, -0.2) is 35.1 Å². The summed E-state index contributed by atoms with van der Waals surface area (Å²) in [7, 11) is -24.9. The Morgan fingerprint density at radius 1 is 0.235 bits per heavy atom. The third-order valence-corrected chi connectivity index (χ3v) is 21.0. The first-order valence-corrected chi connectivity index (χ1v) is 30.4. The lowest BCUT2D eigenvalue weighted by Crippen LogP contribution is -2.74. The zero-order valence-corrected chi connectivity index (χ0v) is 53.9. The minimum atomic E-state index is -9.94. The Balaban J connectivity index is 5.48. The van der Waals surface area contributed by atoms with E-state index in [-0.39, 0.29) is 0 Å². The number of nitrogens with zero attached hydrogens (tertiary/aromatic N) is 3. The Labute approximate surface area is 585 Å². The predicted octanol–water partition coefficient (Wildman–Crippen LogP) is 25.1.